The number of morpholine rings is 1. The highest BCUT2D eigenvalue weighted by atomic mass is 79.9. The number of hydrogen-bond donors (Lipinski definition) is 1. The summed E-state index contributed by atoms with van der Waals surface area (Å²) in [6, 6.07) is 6.14. The Morgan fingerprint density at radius 2 is 2.09 bits per heavy atom. The second-order valence-corrected chi connectivity index (χ2v) is 9.03. The fourth-order valence-electron chi connectivity index (χ4n) is 4.33. The van der Waals surface area contributed by atoms with Gasteiger partial charge in [0, 0.05) is 57.1 Å². The van der Waals surface area contributed by atoms with E-state index in [2.05, 4.69) is 37.4 Å². The number of likely N-dealkylation sites (tertiary alicyclic amines) is 1. The van der Waals surface area contributed by atoms with Crippen molar-refractivity contribution in [2.75, 3.05) is 44.7 Å². The smallest absolute Gasteiger partial charge is 0.320 e. The Morgan fingerprint density at radius 1 is 1.22 bits per heavy atom. The normalized spacial score (nSPS) is 19.3. The van der Waals surface area contributed by atoms with E-state index >= 15 is 0 Å². The van der Waals surface area contributed by atoms with Gasteiger partial charge >= 0.3 is 6.03 Å². The topological polar surface area (TPSA) is 87.9 Å². The minimum atomic E-state index is 0.111. The average Bonchev–Trinajstić information content (AvgIpc) is 3.24. The third-order valence-electron chi connectivity index (χ3n) is 6.04. The predicted molar refractivity (Wildman–Crippen MR) is 124 cm³/mol. The highest BCUT2D eigenvalue weighted by molar-refractivity contribution is 9.10. The minimum Gasteiger partial charge on any atom is -0.378 e. The van der Waals surface area contributed by atoms with Crippen molar-refractivity contribution in [3.8, 4) is 0 Å². The SMILES string of the molecule is O=C(N1CCOCC1)N1CCCC(c2cc(NCc3cccnc3)n3ncc(Br)c3n2)C1. The molecule has 1 atom stereocenters. The van der Waals surface area contributed by atoms with Crippen LogP contribution < -0.4 is 5.32 Å². The number of carbonyl (C=O) groups excluding carboxylic acids is 1. The first-order valence-corrected chi connectivity index (χ1v) is 11.8. The summed E-state index contributed by atoms with van der Waals surface area (Å²) >= 11 is 3.58. The Balaban J connectivity index is 1.38. The zero-order valence-electron chi connectivity index (χ0n) is 17.8. The van der Waals surface area contributed by atoms with Crippen LogP contribution in [0.3, 0.4) is 0 Å². The monoisotopic (exact) mass is 499 g/mol. The molecule has 0 saturated carbocycles. The summed E-state index contributed by atoms with van der Waals surface area (Å²) in [5.74, 6) is 1.05. The molecule has 5 rings (SSSR count). The van der Waals surface area contributed by atoms with Crippen LogP contribution in [-0.4, -0.2) is 74.8 Å². The molecule has 5 heterocycles. The van der Waals surface area contributed by atoms with E-state index in [0.717, 1.165) is 46.6 Å². The molecule has 1 unspecified atom stereocenters. The molecule has 0 aromatic carbocycles. The van der Waals surface area contributed by atoms with E-state index in [1.54, 1.807) is 12.4 Å². The van der Waals surface area contributed by atoms with Gasteiger partial charge in [0.25, 0.3) is 0 Å². The summed E-state index contributed by atoms with van der Waals surface area (Å²) in [6.45, 7) is 4.65. The van der Waals surface area contributed by atoms with Gasteiger partial charge in [0.1, 0.15) is 5.82 Å². The molecule has 0 spiro atoms. The highest BCUT2D eigenvalue weighted by Gasteiger charge is 2.30. The number of carbonyl (C=O) groups is 1. The van der Waals surface area contributed by atoms with Gasteiger partial charge < -0.3 is 19.9 Å². The van der Waals surface area contributed by atoms with Gasteiger partial charge in [0.15, 0.2) is 5.65 Å². The van der Waals surface area contributed by atoms with Gasteiger partial charge in [-0.25, -0.2) is 9.78 Å². The maximum atomic E-state index is 13.0. The van der Waals surface area contributed by atoms with Crippen LogP contribution in [0.15, 0.2) is 41.3 Å². The number of ether oxygens (including phenoxy) is 1. The van der Waals surface area contributed by atoms with Gasteiger partial charge in [-0.3, -0.25) is 4.98 Å². The van der Waals surface area contributed by atoms with Crippen LogP contribution in [0.25, 0.3) is 5.65 Å². The van der Waals surface area contributed by atoms with E-state index in [1.165, 1.54) is 0 Å². The summed E-state index contributed by atoms with van der Waals surface area (Å²) in [5, 5.41) is 7.95. The van der Waals surface area contributed by atoms with Gasteiger partial charge in [0.2, 0.25) is 0 Å². The van der Waals surface area contributed by atoms with Crippen molar-refractivity contribution < 1.29 is 9.53 Å². The maximum absolute atomic E-state index is 13.0. The van der Waals surface area contributed by atoms with Gasteiger partial charge in [-0.05, 0) is 40.4 Å². The summed E-state index contributed by atoms with van der Waals surface area (Å²) in [4.78, 5) is 26.0. The number of hydrogen-bond acceptors (Lipinski definition) is 6. The largest absolute Gasteiger partial charge is 0.378 e. The molecule has 0 bridgehead atoms. The zero-order chi connectivity index (χ0) is 21.9. The third kappa shape index (κ3) is 4.42. The molecule has 0 radical (unpaired) electrons. The van der Waals surface area contributed by atoms with E-state index in [1.807, 2.05) is 32.6 Å². The lowest BCUT2D eigenvalue weighted by Gasteiger charge is -2.37. The van der Waals surface area contributed by atoms with Crippen molar-refractivity contribution in [1.82, 2.24) is 29.4 Å². The van der Waals surface area contributed by atoms with Crippen molar-refractivity contribution >= 4 is 33.4 Å². The number of anilines is 1. The lowest BCUT2D eigenvalue weighted by molar-refractivity contribution is 0.0408. The first-order chi connectivity index (χ1) is 15.7. The molecule has 3 aromatic heterocycles. The van der Waals surface area contributed by atoms with Crippen LogP contribution in [0, 0.1) is 0 Å². The van der Waals surface area contributed by atoms with Crippen LogP contribution >= 0.6 is 15.9 Å². The Hall–Kier alpha value is -2.72. The molecule has 1 N–H and O–H groups in total. The number of piperidine rings is 1. The van der Waals surface area contributed by atoms with Crippen molar-refractivity contribution in [2.24, 2.45) is 0 Å². The first-order valence-electron chi connectivity index (χ1n) is 11.0. The number of fused-ring (bicyclic) bond motifs is 1. The van der Waals surface area contributed by atoms with E-state index in [0.29, 0.717) is 39.4 Å². The molecule has 2 aliphatic heterocycles. The van der Waals surface area contributed by atoms with Crippen molar-refractivity contribution in [3.63, 3.8) is 0 Å². The highest BCUT2D eigenvalue weighted by Crippen LogP contribution is 2.30. The second-order valence-electron chi connectivity index (χ2n) is 8.18. The quantitative estimate of drug-likeness (QED) is 0.593. The molecule has 9 nitrogen and oxygen atoms in total. The Kier molecular flexibility index (Phi) is 6.22. The summed E-state index contributed by atoms with van der Waals surface area (Å²) in [6.07, 6.45) is 7.35. The number of rotatable bonds is 4. The van der Waals surface area contributed by atoms with E-state index in [9.17, 15) is 4.79 Å². The number of nitrogens with one attached hydrogen (secondary N) is 1. The fraction of sp³-hybridized carbons (Fsp3) is 0.455. The van der Waals surface area contributed by atoms with Crippen LogP contribution in [0.4, 0.5) is 10.6 Å². The Labute approximate surface area is 194 Å². The number of nitrogens with zero attached hydrogens (tertiary/aromatic N) is 6. The molecule has 2 aliphatic rings. The van der Waals surface area contributed by atoms with Crippen LogP contribution in [-0.2, 0) is 11.3 Å². The molecular formula is C22H26BrN7O2. The van der Waals surface area contributed by atoms with E-state index < -0.39 is 0 Å². The Bertz CT molecular complexity index is 1080. The number of aromatic nitrogens is 4. The number of urea groups is 1. The lowest BCUT2D eigenvalue weighted by Crippen LogP contribution is -2.50. The van der Waals surface area contributed by atoms with Crippen molar-refractivity contribution in [1.29, 1.82) is 0 Å². The van der Waals surface area contributed by atoms with Gasteiger partial charge in [-0.1, -0.05) is 6.07 Å². The minimum absolute atomic E-state index is 0.111. The van der Waals surface area contributed by atoms with Gasteiger partial charge in [-0.15, -0.1) is 0 Å². The van der Waals surface area contributed by atoms with E-state index in [-0.39, 0.29) is 11.9 Å². The molecule has 3 aromatic rings. The number of amides is 2. The molecule has 168 valence electrons. The predicted octanol–water partition coefficient (Wildman–Crippen LogP) is 3.13. The molecule has 10 heteroatoms. The Morgan fingerprint density at radius 3 is 2.91 bits per heavy atom. The van der Waals surface area contributed by atoms with Gasteiger partial charge in [0.05, 0.1) is 29.6 Å². The second kappa shape index (κ2) is 9.41. The van der Waals surface area contributed by atoms with Crippen LogP contribution in [0.2, 0.25) is 0 Å². The zero-order valence-corrected chi connectivity index (χ0v) is 19.4. The number of pyridine rings is 1. The fourth-order valence-corrected chi connectivity index (χ4v) is 4.68. The molecule has 2 amide bonds. The molecule has 2 saturated heterocycles. The first kappa shape index (κ1) is 21.1. The maximum Gasteiger partial charge on any atom is 0.320 e. The molecule has 32 heavy (non-hydrogen) atoms. The van der Waals surface area contributed by atoms with E-state index in [4.69, 9.17) is 9.72 Å². The lowest BCUT2D eigenvalue weighted by atomic mass is 9.94. The molecule has 0 aliphatic carbocycles. The molecular weight excluding hydrogens is 474 g/mol. The van der Waals surface area contributed by atoms with Gasteiger partial charge in [-0.2, -0.15) is 9.61 Å². The average molecular weight is 500 g/mol. The standard InChI is InChI=1S/C22H26BrN7O2/c23-18-14-26-30-20(25-13-16-3-1-5-24-12-16)11-19(27-21(18)30)17-4-2-6-29(15-17)22(31)28-7-9-32-10-8-28/h1,3,5,11-12,14,17,25H,2,4,6-10,13,15H2. The summed E-state index contributed by atoms with van der Waals surface area (Å²) in [7, 11) is 0. The number of halogens is 1. The van der Waals surface area contributed by atoms with Crippen LogP contribution in [0.5, 0.6) is 0 Å². The van der Waals surface area contributed by atoms with Crippen LogP contribution in [0.1, 0.15) is 30.0 Å². The summed E-state index contributed by atoms with van der Waals surface area (Å²) < 4.78 is 8.05. The summed E-state index contributed by atoms with van der Waals surface area (Å²) in [5.41, 5.74) is 2.84. The van der Waals surface area contributed by atoms with Crippen molar-refractivity contribution in [2.45, 2.75) is 25.3 Å². The van der Waals surface area contributed by atoms with Crippen molar-refractivity contribution in [3.05, 3.63) is 52.5 Å². The molecule has 2 fully saturated rings. The third-order valence-corrected chi connectivity index (χ3v) is 6.60.